The molecule has 2 nitrogen and oxygen atoms in total. The van der Waals surface area contributed by atoms with Crippen molar-refractivity contribution in [1.82, 2.24) is 0 Å². The summed E-state index contributed by atoms with van der Waals surface area (Å²) in [5.74, 6) is 0. The molecule has 0 spiro atoms. The second-order valence-corrected chi connectivity index (χ2v) is 1.81. The molecule has 0 aromatic rings. The van der Waals surface area contributed by atoms with Gasteiger partial charge in [-0.1, -0.05) is 0 Å². The Morgan fingerprint density at radius 3 is 2.40 bits per heavy atom. The molecule has 1 rings (SSSR count). The molecule has 0 atom stereocenters. The summed E-state index contributed by atoms with van der Waals surface area (Å²) in [4.78, 5) is 0. The third kappa shape index (κ3) is 4.33. The van der Waals surface area contributed by atoms with Gasteiger partial charge in [-0.25, -0.2) is 0 Å². The van der Waals surface area contributed by atoms with Crippen molar-refractivity contribution in [3.05, 3.63) is 6.43 Å². The van der Waals surface area contributed by atoms with Crippen molar-refractivity contribution < 1.29 is 69.6 Å². The van der Waals surface area contributed by atoms with Crippen LogP contribution in [0.3, 0.4) is 0 Å². The standard InChI is InChI=1S/C5H7F2O2.K/c6-5(7)3-9-4-1-8-2-4;/h4H,1-3H2;/q-1;+1. The largest absolute Gasteiger partial charge is 1.00 e. The van der Waals surface area contributed by atoms with E-state index in [2.05, 4.69) is 9.47 Å². The first-order valence-electron chi connectivity index (χ1n) is 2.65. The van der Waals surface area contributed by atoms with Gasteiger partial charge in [0.2, 0.25) is 0 Å². The molecule has 0 aromatic heterocycles. The zero-order chi connectivity index (χ0) is 6.69. The molecule has 0 N–H and O–H groups in total. The molecule has 10 heavy (non-hydrogen) atoms. The van der Waals surface area contributed by atoms with Crippen LogP contribution >= 0.6 is 0 Å². The fraction of sp³-hybridized carbons (Fsp3) is 0.800. The number of ether oxygens (including phenoxy) is 2. The van der Waals surface area contributed by atoms with Gasteiger partial charge < -0.3 is 18.3 Å². The monoisotopic (exact) mass is 176 g/mol. The van der Waals surface area contributed by atoms with E-state index in [1.165, 1.54) is 0 Å². The van der Waals surface area contributed by atoms with Gasteiger partial charge in [0.25, 0.3) is 0 Å². The van der Waals surface area contributed by atoms with Gasteiger partial charge in [-0.15, -0.1) is 0 Å². The van der Waals surface area contributed by atoms with Crippen LogP contribution in [0.5, 0.6) is 0 Å². The Kier molecular flexibility index (Phi) is 6.84. The Balaban J connectivity index is 0.000000810. The molecule has 1 aliphatic rings. The second kappa shape index (κ2) is 5.99. The van der Waals surface area contributed by atoms with Crippen LogP contribution in [-0.2, 0) is 9.47 Å². The smallest absolute Gasteiger partial charge is 0.419 e. The number of hydrogen-bond acceptors (Lipinski definition) is 2. The van der Waals surface area contributed by atoms with Crippen molar-refractivity contribution in [1.29, 1.82) is 0 Å². The van der Waals surface area contributed by atoms with Crippen LogP contribution in [0.1, 0.15) is 0 Å². The van der Waals surface area contributed by atoms with Gasteiger partial charge in [-0.2, -0.15) is 0 Å². The molecule has 0 aliphatic carbocycles. The molecule has 1 aliphatic heterocycles. The van der Waals surface area contributed by atoms with Gasteiger partial charge in [0, 0.05) is 6.43 Å². The molecule has 0 radical (unpaired) electrons. The predicted octanol–water partition coefficient (Wildman–Crippen LogP) is -2.17. The van der Waals surface area contributed by atoms with Crippen molar-refractivity contribution in [2.45, 2.75) is 6.10 Å². The third-order valence-electron chi connectivity index (χ3n) is 1.04. The minimum atomic E-state index is -1.68. The minimum absolute atomic E-state index is 0. The summed E-state index contributed by atoms with van der Waals surface area (Å²) in [5, 5.41) is 0. The Morgan fingerprint density at radius 2 is 2.10 bits per heavy atom. The average Bonchev–Trinajstić information content (AvgIpc) is 1.60. The van der Waals surface area contributed by atoms with Gasteiger partial charge in [-0.05, 0) is 6.61 Å². The average molecular weight is 176 g/mol. The van der Waals surface area contributed by atoms with Crippen molar-refractivity contribution in [2.24, 2.45) is 0 Å². The predicted molar refractivity (Wildman–Crippen MR) is 26.0 cm³/mol. The van der Waals surface area contributed by atoms with E-state index in [0.29, 0.717) is 13.2 Å². The van der Waals surface area contributed by atoms with Crippen LogP contribution in [0.15, 0.2) is 0 Å². The summed E-state index contributed by atoms with van der Waals surface area (Å²) in [7, 11) is 0. The normalized spacial score (nSPS) is 18.3. The summed E-state index contributed by atoms with van der Waals surface area (Å²) in [6.45, 7) is 0.356. The van der Waals surface area contributed by atoms with E-state index in [-0.39, 0.29) is 57.5 Å². The zero-order valence-corrected chi connectivity index (χ0v) is 8.89. The van der Waals surface area contributed by atoms with E-state index in [1.807, 2.05) is 0 Å². The van der Waals surface area contributed by atoms with Gasteiger partial charge in [0.1, 0.15) is 6.10 Å². The van der Waals surface area contributed by atoms with Crippen molar-refractivity contribution in [2.75, 3.05) is 19.8 Å². The van der Waals surface area contributed by atoms with Crippen LogP contribution in [0, 0.1) is 6.43 Å². The topological polar surface area (TPSA) is 18.5 Å². The van der Waals surface area contributed by atoms with E-state index >= 15 is 0 Å². The Labute approximate surface area is 101 Å². The summed E-state index contributed by atoms with van der Waals surface area (Å²) in [6, 6.07) is 0. The SMILES string of the molecule is F[C-](F)COC1COC1.[K+]. The van der Waals surface area contributed by atoms with Gasteiger partial charge in [0.05, 0.1) is 13.2 Å². The third-order valence-corrected chi connectivity index (χ3v) is 1.04. The van der Waals surface area contributed by atoms with E-state index in [4.69, 9.17) is 0 Å². The first-order valence-corrected chi connectivity index (χ1v) is 2.65. The minimum Gasteiger partial charge on any atom is -0.419 e. The van der Waals surface area contributed by atoms with E-state index in [9.17, 15) is 8.78 Å². The van der Waals surface area contributed by atoms with Crippen LogP contribution < -0.4 is 51.4 Å². The molecule has 0 amide bonds. The van der Waals surface area contributed by atoms with Gasteiger partial charge in [0.15, 0.2) is 0 Å². The van der Waals surface area contributed by atoms with Crippen molar-refractivity contribution in [3.8, 4) is 0 Å². The number of halogens is 2. The zero-order valence-electron chi connectivity index (χ0n) is 5.77. The quantitative estimate of drug-likeness (QED) is 0.360. The summed E-state index contributed by atoms with van der Waals surface area (Å²) >= 11 is 0. The van der Waals surface area contributed by atoms with Crippen LogP contribution in [-0.4, -0.2) is 25.9 Å². The Hall–Kier alpha value is 1.42. The molecule has 54 valence electrons. The van der Waals surface area contributed by atoms with Crippen LogP contribution in [0.2, 0.25) is 0 Å². The summed E-state index contributed by atoms with van der Waals surface area (Å²) < 4.78 is 31.9. The number of hydrogen-bond donors (Lipinski definition) is 0. The maximum absolute atomic E-state index is 11.3. The van der Waals surface area contributed by atoms with Crippen LogP contribution in [0.4, 0.5) is 8.78 Å². The molecule has 1 saturated heterocycles. The van der Waals surface area contributed by atoms with E-state index in [1.54, 1.807) is 0 Å². The molecular formula is C5H7F2KO2. The van der Waals surface area contributed by atoms with E-state index in [0.717, 1.165) is 0 Å². The summed E-state index contributed by atoms with van der Waals surface area (Å²) in [6.07, 6.45) is -1.78. The molecule has 0 aromatic carbocycles. The molecule has 5 heteroatoms. The maximum atomic E-state index is 11.3. The number of rotatable bonds is 3. The summed E-state index contributed by atoms with van der Waals surface area (Å²) in [5.41, 5.74) is 0. The molecule has 1 fully saturated rings. The van der Waals surface area contributed by atoms with Crippen molar-refractivity contribution >= 4 is 0 Å². The molecule has 1 heterocycles. The first kappa shape index (κ1) is 11.4. The fourth-order valence-corrected chi connectivity index (χ4v) is 0.491. The van der Waals surface area contributed by atoms with E-state index < -0.39 is 13.0 Å². The van der Waals surface area contributed by atoms with Crippen molar-refractivity contribution in [3.63, 3.8) is 0 Å². The molecule has 0 saturated carbocycles. The molecule has 0 unspecified atom stereocenters. The molecular weight excluding hydrogens is 169 g/mol. The Bertz CT molecular complexity index is 87.7. The van der Waals surface area contributed by atoms with Crippen LogP contribution in [0.25, 0.3) is 0 Å². The first-order chi connectivity index (χ1) is 4.29. The van der Waals surface area contributed by atoms with Gasteiger partial charge in [-0.3, -0.25) is 0 Å². The molecule has 0 bridgehead atoms. The Morgan fingerprint density at radius 1 is 1.50 bits per heavy atom. The van der Waals surface area contributed by atoms with Gasteiger partial charge >= 0.3 is 51.4 Å². The second-order valence-electron chi connectivity index (χ2n) is 1.81. The maximum Gasteiger partial charge on any atom is 1.00 e. The fourth-order valence-electron chi connectivity index (χ4n) is 0.491.